The lowest BCUT2D eigenvalue weighted by molar-refractivity contribution is 0.0947. The average molecular weight is 382 g/mol. The number of hydrogen-bond acceptors (Lipinski definition) is 3. The zero-order chi connectivity index (χ0) is 20.2. The minimum absolute atomic E-state index is 0.0790. The summed E-state index contributed by atoms with van der Waals surface area (Å²) >= 11 is 0. The van der Waals surface area contributed by atoms with Gasteiger partial charge in [0.05, 0.1) is 11.4 Å². The predicted octanol–water partition coefficient (Wildman–Crippen LogP) is 4.34. The molecule has 0 atom stereocenters. The molecule has 2 heterocycles. The molecule has 0 N–H and O–H groups in total. The Kier molecular flexibility index (Phi) is 5.20. The molecule has 2 aromatic heterocycles. The van der Waals surface area contributed by atoms with Crippen LogP contribution in [0.3, 0.4) is 0 Å². The predicted molar refractivity (Wildman–Crippen MR) is 114 cm³/mol. The lowest BCUT2D eigenvalue weighted by Gasteiger charge is -2.09. The van der Waals surface area contributed by atoms with Crippen molar-refractivity contribution in [2.24, 2.45) is 4.99 Å². The Morgan fingerprint density at radius 3 is 2.24 bits per heavy atom. The van der Waals surface area contributed by atoms with Crippen LogP contribution in [0.25, 0.3) is 16.9 Å². The van der Waals surface area contributed by atoms with E-state index in [9.17, 15) is 4.79 Å². The van der Waals surface area contributed by atoms with Crippen molar-refractivity contribution >= 4 is 5.91 Å². The van der Waals surface area contributed by atoms with E-state index in [-0.39, 0.29) is 11.9 Å². The number of carbonyl (C=O) groups is 1. The molecule has 5 nitrogen and oxygen atoms in total. The Labute approximate surface area is 169 Å². The van der Waals surface area contributed by atoms with E-state index in [4.69, 9.17) is 5.10 Å². The van der Waals surface area contributed by atoms with Gasteiger partial charge in [0.15, 0.2) is 0 Å². The summed E-state index contributed by atoms with van der Waals surface area (Å²) in [6.45, 7) is 3.98. The first-order chi connectivity index (χ1) is 14.1. The second-order valence-corrected chi connectivity index (χ2v) is 6.99. The van der Waals surface area contributed by atoms with Crippen LogP contribution in [-0.2, 0) is 0 Å². The summed E-state index contributed by atoms with van der Waals surface area (Å²) in [5.41, 5.74) is 3.64. The fourth-order valence-corrected chi connectivity index (χ4v) is 3.15. The number of para-hydroxylation sites is 1. The van der Waals surface area contributed by atoms with Gasteiger partial charge in [-0.25, -0.2) is 4.68 Å². The Bertz CT molecular complexity index is 1190. The normalized spacial score (nSPS) is 11.8. The Balaban J connectivity index is 1.90. The minimum Gasteiger partial charge on any atom is -0.267 e. The molecule has 5 heteroatoms. The van der Waals surface area contributed by atoms with Crippen LogP contribution in [-0.4, -0.2) is 26.3 Å². The van der Waals surface area contributed by atoms with E-state index in [1.807, 2.05) is 98.8 Å². The molecule has 0 unspecified atom stereocenters. The van der Waals surface area contributed by atoms with Gasteiger partial charge in [-0.2, -0.15) is 5.10 Å². The number of aromatic nitrogens is 3. The zero-order valence-corrected chi connectivity index (χ0v) is 16.4. The quantitative estimate of drug-likeness (QED) is 0.527. The van der Waals surface area contributed by atoms with Gasteiger partial charge in [0.1, 0.15) is 11.2 Å². The highest BCUT2D eigenvalue weighted by Crippen LogP contribution is 2.22. The zero-order valence-electron chi connectivity index (χ0n) is 16.4. The number of benzene rings is 2. The molecule has 0 aliphatic heterocycles. The highest BCUT2D eigenvalue weighted by atomic mass is 16.2. The second-order valence-electron chi connectivity index (χ2n) is 6.99. The van der Waals surface area contributed by atoms with Gasteiger partial charge in [0, 0.05) is 17.8 Å². The Morgan fingerprint density at radius 2 is 1.55 bits per heavy atom. The third-order valence-corrected chi connectivity index (χ3v) is 4.45. The summed E-state index contributed by atoms with van der Waals surface area (Å²) in [6, 6.07) is 27.0. The van der Waals surface area contributed by atoms with Crippen molar-refractivity contribution in [3.63, 3.8) is 0 Å². The van der Waals surface area contributed by atoms with Gasteiger partial charge in [-0.15, -0.1) is 0 Å². The topological polar surface area (TPSA) is 52.2 Å². The summed E-state index contributed by atoms with van der Waals surface area (Å²) in [6.07, 6.45) is 1.74. The van der Waals surface area contributed by atoms with E-state index in [0.29, 0.717) is 11.2 Å². The van der Waals surface area contributed by atoms with Crippen molar-refractivity contribution in [2.75, 3.05) is 0 Å². The second kappa shape index (κ2) is 8.10. The lowest BCUT2D eigenvalue weighted by Crippen LogP contribution is -2.29. The molecule has 0 radical (unpaired) electrons. The van der Waals surface area contributed by atoms with E-state index in [0.717, 1.165) is 16.9 Å². The monoisotopic (exact) mass is 382 g/mol. The standard InChI is InChI=1S/C24H22N4O/c1-18(2)25-23-15-9-10-16-27(23)24(29)22-17-21(19-11-5-3-6-12-19)26-28(22)20-13-7-4-8-14-20/h3-18H,1-2H3. The smallest absolute Gasteiger partial charge is 0.267 e. The fourth-order valence-electron chi connectivity index (χ4n) is 3.15. The number of pyridine rings is 1. The van der Waals surface area contributed by atoms with Crippen molar-refractivity contribution in [1.82, 2.24) is 14.3 Å². The van der Waals surface area contributed by atoms with Crippen LogP contribution in [0.2, 0.25) is 0 Å². The van der Waals surface area contributed by atoms with Crippen molar-refractivity contribution in [2.45, 2.75) is 19.9 Å². The van der Waals surface area contributed by atoms with Gasteiger partial charge in [-0.05, 0) is 44.2 Å². The Morgan fingerprint density at radius 1 is 0.897 bits per heavy atom. The number of hydrogen-bond donors (Lipinski definition) is 0. The first kappa shape index (κ1) is 18.6. The third kappa shape index (κ3) is 3.94. The molecule has 0 spiro atoms. The molecule has 0 amide bonds. The van der Waals surface area contributed by atoms with Crippen molar-refractivity contribution in [1.29, 1.82) is 0 Å². The molecule has 144 valence electrons. The number of rotatable bonds is 4. The molecule has 4 aromatic rings. The number of nitrogens with zero attached hydrogens (tertiary/aromatic N) is 4. The maximum atomic E-state index is 13.5. The summed E-state index contributed by atoms with van der Waals surface area (Å²) in [5, 5.41) is 4.74. The van der Waals surface area contributed by atoms with Crippen molar-refractivity contribution < 1.29 is 4.79 Å². The fraction of sp³-hybridized carbons (Fsp3) is 0.125. The third-order valence-electron chi connectivity index (χ3n) is 4.45. The molecule has 0 saturated heterocycles. The SMILES string of the molecule is CC(C)N=c1ccccn1C(=O)c1cc(-c2ccccc2)nn1-c1ccccc1. The van der Waals surface area contributed by atoms with E-state index >= 15 is 0 Å². The molecule has 29 heavy (non-hydrogen) atoms. The molecule has 2 aromatic carbocycles. The molecule has 0 saturated carbocycles. The Hall–Kier alpha value is -3.73. The molecule has 0 aliphatic carbocycles. The maximum Gasteiger partial charge on any atom is 0.282 e. The van der Waals surface area contributed by atoms with Crippen LogP contribution in [0.1, 0.15) is 24.3 Å². The highest BCUT2D eigenvalue weighted by molar-refractivity contribution is 5.96. The van der Waals surface area contributed by atoms with E-state index in [1.165, 1.54) is 0 Å². The first-order valence-corrected chi connectivity index (χ1v) is 9.60. The van der Waals surface area contributed by atoms with Crippen LogP contribution < -0.4 is 5.49 Å². The summed E-state index contributed by atoms with van der Waals surface area (Å²) in [5.74, 6) is -0.177. The van der Waals surface area contributed by atoms with Gasteiger partial charge in [0.25, 0.3) is 5.91 Å². The van der Waals surface area contributed by atoms with Crippen LogP contribution >= 0.6 is 0 Å². The van der Waals surface area contributed by atoms with Crippen molar-refractivity contribution in [3.05, 3.63) is 102 Å². The lowest BCUT2D eigenvalue weighted by atomic mass is 10.1. The van der Waals surface area contributed by atoms with E-state index in [1.54, 1.807) is 15.4 Å². The summed E-state index contributed by atoms with van der Waals surface area (Å²) in [4.78, 5) is 18.1. The molecular formula is C24H22N4O. The summed E-state index contributed by atoms with van der Waals surface area (Å²) < 4.78 is 3.27. The van der Waals surface area contributed by atoms with E-state index < -0.39 is 0 Å². The molecule has 0 fully saturated rings. The van der Waals surface area contributed by atoms with Gasteiger partial charge < -0.3 is 0 Å². The van der Waals surface area contributed by atoms with Crippen molar-refractivity contribution in [3.8, 4) is 16.9 Å². The van der Waals surface area contributed by atoms with Gasteiger partial charge >= 0.3 is 0 Å². The minimum atomic E-state index is -0.177. The maximum absolute atomic E-state index is 13.5. The molecular weight excluding hydrogens is 360 g/mol. The molecule has 0 aliphatic rings. The van der Waals surface area contributed by atoms with Gasteiger partial charge in [-0.3, -0.25) is 14.4 Å². The summed E-state index contributed by atoms with van der Waals surface area (Å²) in [7, 11) is 0. The van der Waals surface area contributed by atoms with Crippen LogP contribution in [0.4, 0.5) is 0 Å². The van der Waals surface area contributed by atoms with Crippen LogP contribution in [0.15, 0.2) is 96.1 Å². The molecule has 0 bridgehead atoms. The van der Waals surface area contributed by atoms with Gasteiger partial charge in [-0.1, -0.05) is 54.6 Å². The number of carbonyl (C=O) groups excluding carboxylic acids is 1. The average Bonchev–Trinajstić information content (AvgIpc) is 3.20. The molecule has 4 rings (SSSR count). The van der Waals surface area contributed by atoms with E-state index in [2.05, 4.69) is 4.99 Å². The first-order valence-electron chi connectivity index (χ1n) is 9.60. The van der Waals surface area contributed by atoms with Crippen LogP contribution in [0.5, 0.6) is 0 Å². The largest absolute Gasteiger partial charge is 0.282 e. The highest BCUT2D eigenvalue weighted by Gasteiger charge is 2.19. The van der Waals surface area contributed by atoms with Gasteiger partial charge in [0.2, 0.25) is 0 Å². The van der Waals surface area contributed by atoms with Crippen LogP contribution in [0, 0.1) is 0 Å².